The number of nitrogens with one attached hydrogen (secondary N) is 1. The van der Waals surface area contributed by atoms with Gasteiger partial charge in [-0.2, -0.15) is 0 Å². The van der Waals surface area contributed by atoms with E-state index in [9.17, 15) is 9.00 Å². The second-order valence-corrected chi connectivity index (χ2v) is 8.23. The van der Waals surface area contributed by atoms with Crippen LogP contribution in [0.3, 0.4) is 0 Å². The molecule has 0 aliphatic carbocycles. The summed E-state index contributed by atoms with van der Waals surface area (Å²) < 4.78 is 22.9. The summed E-state index contributed by atoms with van der Waals surface area (Å²) in [6.07, 6.45) is 0.767. The molecular formula is C21H26N2O4S. The third kappa shape index (κ3) is 5.04. The SMILES string of the molecule is COc1cc2c(cc1OC)CN(C(=O)NCCS(=O)Cc1ccccc1)CC2. The average Bonchev–Trinajstić information content (AvgIpc) is 2.72. The Balaban J connectivity index is 1.50. The molecule has 0 saturated carbocycles. The molecule has 0 fully saturated rings. The Morgan fingerprint density at radius 3 is 2.46 bits per heavy atom. The van der Waals surface area contributed by atoms with Crippen LogP contribution >= 0.6 is 0 Å². The maximum absolute atomic E-state index is 12.5. The van der Waals surface area contributed by atoms with Crippen LogP contribution in [-0.2, 0) is 29.5 Å². The third-order valence-corrected chi connectivity index (χ3v) is 6.10. The largest absolute Gasteiger partial charge is 0.493 e. The molecule has 0 aromatic heterocycles. The number of ether oxygens (including phenoxy) is 2. The topological polar surface area (TPSA) is 67.9 Å². The second-order valence-electron chi connectivity index (χ2n) is 6.65. The van der Waals surface area contributed by atoms with Crippen molar-refractivity contribution in [2.45, 2.75) is 18.7 Å². The van der Waals surface area contributed by atoms with E-state index in [0.717, 1.165) is 17.5 Å². The maximum Gasteiger partial charge on any atom is 0.317 e. The lowest BCUT2D eigenvalue weighted by Gasteiger charge is -2.29. The van der Waals surface area contributed by atoms with Crippen LogP contribution < -0.4 is 14.8 Å². The number of methoxy groups -OCH3 is 2. The van der Waals surface area contributed by atoms with Crippen molar-refractivity contribution < 1.29 is 18.5 Å². The van der Waals surface area contributed by atoms with E-state index in [1.165, 1.54) is 5.56 Å². The number of nitrogens with zero attached hydrogens (tertiary/aromatic N) is 1. The van der Waals surface area contributed by atoms with Crippen LogP contribution in [0.2, 0.25) is 0 Å². The van der Waals surface area contributed by atoms with Gasteiger partial charge in [-0.05, 0) is 35.2 Å². The molecule has 0 saturated heterocycles. The zero-order valence-electron chi connectivity index (χ0n) is 16.3. The Morgan fingerprint density at radius 1 is 1.11 bits per heavy atom. The van der Waals surface area contributed by atoms with Gasteiger partial charge in [0.05, 0.1) is 14.2 Å². The Kier molecular flexibility index (Phi) is 6.92. The van der Waals surface area contributed by atoms with Gasteiger partial charge in [0, 0.05) is 41.9 Å². The molecular weight excluding hydrogens is 376 g/mol. The Labute approximate surface area is 168 Å². The van der Waals surface area contributed by atoms with Crippen LogP contribution in [0.15, 0.2) is 42.5 Å². The highest BCUT2D eigenvalue weighted by Gasteiger charge is 2.22. The molecule has 1 atom stereocenters. The van der Waals surface area contributed by atoms with Gasteiger partial charge < -0.3 is 19.7 Å². The van der Waals surface area contributed by atoms with Crippen molar-refractivity contribution >= 4 is 16.8 Å². The smallest absolute Gasteiger partial charge is 0.317 e. The van der Waals surface area contributed by atoms with E-state index in [2.05, 4.69) is 5.32 Å². The van der Waals surface area contributed by atoms with Gasteiger partial charge in [-0.3, -0.25) is 4.21 Å². The van der Waals surface area contributed by atoms with E-state index in [1.54, 1.807) is 19.1 Å². The molecule has 2 aromatic carbocycles. The van der Waals surface area contributed by atoms with Crippen molar-refractivity contribution in [3.8, 4) is 11.5 Å². The van der Waals surface area contributed by atoms with Gasteiger partial charge in [-0.25, -0.2) is 4.79 Å². The van der Waals surface area contributed by atoms with Crippen LogP contribution in [-0.4, -0.2) is 48.2 Å². The molecule has 1 aliphatic heterocycles. The summed E-state index contributed by atoms with van der Waals surface area (Å²) in [5.74, 6) is 2.32. The number of rotatable bonds is 7. The number of benzene rings is 2. The summed E-state index contributed by atoms with van der Waals surface area (Å²) in [6, 6.07) is 13.5. The van der Waals surface area contributed by atoms with Gasteiger partial charge in [0.2, 0.25) is 0 Å². The van der Waals surface area contributed by atoms with E-state index in [4.69, 9.17) is 9.47 Å². The molecule has 2 aromatic rings. The van der Waals surface area contributed by atoms with Crippen LogP contribution in [0.5, 0.6) is 11.5 Å². The highest BCUT2D eigenvalue weighted by Crippen LogP contribution is 2.33. The monoisotopic (exact) mass is 402 g/mol. The van der Waals surface area contributed by atoms with Crippen molar-refractivity contribution in [2.75, 3.05) is 33.1 Å². The highest BCUT2D eigenvalue weighted by atomic mass is 32.2. The van der Waals surface area contributed by atoms with Gasteiger partial charge in [0.1, 0.15) is 0 Å². The predicted molar refractivity (Wildman–Crippen MR) is 110 cm³/mol. The first kappa shape index (κ1) is 20.2. The zero-order chi connectivity index (χ0) is 19.9. The molecule has 1 heterocycles. The predicted octanol–water partition coefficient (Wildman–Crippen LogP) is 2.72. The van der Waals surface area contributed by atoms with Crippen LogP contribution in [0.25, 0.3) is 0 Å². The number of hydrogen-bond donors (Lipinski definition) is 1. The molecule has 7 heteroatoms. The van der Waals surface area contributed by atoms with Crippen LogP contribution in [0.4, 0.5) is 4.79 Å². The molecule has 1 aliphatic rings. The molecule has 2 amide bonds. The fourth-order valence-corrected chi connectivity index (χ4v) is 4.31. The standard InChI is InChI=1S/C21H26N2O4S/c1-26-19-12-17-8-10-23(14-18(17)13-20(19)27-2)21(24)22-9-11-28(25)15-16-6-4-3-5-7-16/h3-7,12-13H,8-11,14-15H2,1-2H3,(H,22,24). The molecule has 0 spiro atoms. The summed E-state index contributed by atoms with van der Waals surface area (Å²) in [4.78, 5) is 14.3. The van der Waals surface area contributed by atoms with Gasteiger partial charge >= 0.3 is 6.03 Å². The van der Waals surface area contributed by atoms with E-state index >= 15 is 0 Å². The van der Waals surface area contributed by atoms with Gasteiger partial charge in [0.15, 0.2) is 11.5 Å². The summed E-state index contributed by atoms with van der Waals surface area (Å²) in [5, 5.41) is 2.89. The third-order valence-electron chi connectivity index (χ3n) is 4.78. The fraction of sp³-hybridized carbons (Fsp3) is 0.381. The zero-order valence-corrected chi connectivity index (χ0v) is 17.1. The first-order valence-corrected chi connectivity index (χ1v) is 10.7. The quantitative estimate of drug-likeness (QED) is 0.773. The summed E-state index contributed by atoms with van der Waals surface area (Å²) in [6.45, 7) is 1.56. The first-order valence-electron chi connectivity index (χ1n) is 9.26. The lowest BCUT2D eigenvalue weighted by atomic mass is 9.99. The Hall–Kier alpha value is -2.54. The molecule has 0 radical (unpaired) electrons. The number of carbonyl (C=O) groups is 1. The molecule has 1 unspecified atom stereocenters. The lowest BCUT2D eigenvalue weighted by Crippen LogP contribution is -2.43. The van der Waals surface area contributed by atoms with Crippen LogP contribution in [0, 0.1) is 0 Å². The normalized spacial score (nSPS) is 14.1. The molecule has 6 nitrogen and oxygen atoms in total. The van der Waals surface area contributed by atoms with Crippen molar-refractivity contribution in [1.82, 2.24) is 10.2 Å². The van der Waals surface area contributed by atoms with Crippen molar-refractivity contribution in [1.29, 1.82) is 0 Å². The summed E-state index contributed by atoms with van der Waals surface area (Å²) in [5.41, 5.74) is 3.28. The van der Waals surface area contributed by atoms with E-state index in [1.807, 2.05) is 42.5 Å². The number of amides is 2. The van der Waals surface area contributed by atoms with Gasteiger partial charge in [-0.1, -0.05) is 30.3 Å². The highest BCUT2D eigenvalue weighted by molar-refractivity contribution is 7.84. The number of urea groups is 1. The average molecular weight is 403 g/mol. The number of hydrogen-bond acceptors (Lipinski definition) is 4. The number of fused-ring (bicyclic) bond motifs is 1. The van der Waals surface area contributed by atoms with Gasteiger partial charge in [0.25, 0.3) is 0 Å². The molecule has 150 valence electrons. The van der Waals surface area contributed by atoms with E-state index < -0.39 is 10.8 Å². The van der Waals surface area contributed by atoms with E-state index in [0.29, 0.717) is 42.6 Å². The molecule has 3 rings (SSSR count). The van der Waals surface area contributed by atoms with Crippen LogP contribution in [0.1, 0.15) is 16.7 Å². The van der Waals surface area contributed by atoms with E-state index in [-0.39, 0.29) is 6.03 Å². The Morgan fingerprint density at radius 2 is 1.79 bits per heavy atom. The molecule has 0 bridgehead atoms. The minimum Gasteiger partial charge on any atom is -0.493 e. The first-order chi connectivity index (χ1) is 13.6. The fourth-order valence-electron chi connectivity index (χ4n) is 3.27. The number of carbonyl (C=O) groups excluding carboxylic acids is 1. The van der Waals surface area contributed by atoms with Crippen molar-refractivity contribution in [2.24, 2.45) is 0 Å². The van der Waals surface area contributed by atoms with Crippen molar-refractivity contribution in [3.63, 3.8) is 0 Å². The molecule has 28 heavy (non-hydrogen) atoms. The summed E-state index contributed by atoms with van der Waals surface area (Å²) >= 11 is 0. The van der Waals surface area contributed by atoms with Crippen molar-refractivity contribution in [3.05, 3.63) is 59.2 Å². The maximum atomic E-state index is 12.5. The summed E-state index contributed by atoms with van der Waals surface area (Å²) in [7, 11) is 2.22. The lowest BCUT2D eigenvalue weighted by molar-refractivity contribution is 0.193. The minimum absolute atomic E-state index is 0.128. The molecule has 1 N–H and O–H groups in total. The Bertz CT molecular complexity index is 842. The minimum atomic E-state index is -1.00. The van der Waals surface area contributed by atoms with Gasteiger partial charge in [-0.15, -0.1) is 0 Å². The second kappa shape index (κ2) is 9.59.